The van der Waals surface area contributed by atoms with Crippen LogP contribution in [0.25, 0.3) is 0 Å². The highest BCUT2D eigenvalue weighted by atomic mass is 16.5. The molecule has 0 bridgehead atoms. The number of carbonyl (C=O) groups is 3. The number of hydrogen-bond donors (Lipinski definition) is 1. The molecular weight excluding hydrogens is 320 g/mol. The normalized spacial score (nSPS) is 15.2. The van der Waals surface area contributed by atoms with Gasteiger partial charge in [-0.2, -0.15) is 0 Å². The van der Waals surface area contributed by atoms with Crippen molar-refractivity contribution in [1.82, 2.24) is 10.2 Å². The number of hydrogen-bond acceptors (Lipinski definition) is 4. The number of carbonyl (C=O) groups excluding carboxylic acids is 3. The van der Waals surface area contributed by atoms with Gasteiger partial charge in [-0.1, -0.05) is 19.1 Å². The number of esters is 1. The Morgan fingerprint density at radius 3 is 2.64 bits per heavy atom. The Balaban J connectivity index is 1.90. The fourth-order valence-electron chi connectivity index (χ4n) is 2.74. The third-order valence-electron chi connectivity index (χ3n) is 3.98. The van der Waals surface area contributed by atoms with Crippen LogP contribution in [0.3, 0.4) is 0 Å². The Hall–Kier alpha value is -2.63. The van der Waals surface area contributed by atoms with Crippen molar-refractivity contribution >= 4 is 17.8 Å². The van der Waals surface area contributed by atoms with Gasteiger partial charge in [-0.3, -0.25) is 14.4 Å². The lowest BCUT2D eigenvalue weighted by molar-refractivity contribution is -0.131. The van der Waals surface area contributed by atoms with E-state index >= 15 is 0 Å². The van der Waals surface area contributed by atoms with E-state index in [1.54, 1.807) is 35.2 Å². The van der Waals surface area contributed by atoms with Crippen molar-refractivity contribution in [2.45, 2.75) is 39.2 Å². The average molecular weight is 344 g/mol. The van der Waals surface area contributed by atoms with Crippen LogP contribution < -0.4 is 10.1 Å². The monoisotopic (exact) mass is 344 g/mol. The minimum atomic E-state index is -0.418. The van der Waals surface area contributed by atoms with Crippen molar-refractivity contribution in [3.63, 3.8) is 0 Å². The van der Waals surface area contributed by atoms with Gasteiger partial charge in [-0.15, -0.1) is 0 Å². The molecule has 1 aromatic rings. The van der Waals surface area contributed by atoms with E-state index < -0.39 is 5.97 Å². The van der Waals surface area contributed by atoms with E-state index in [4.69, 9.17) is 4.74 Å². The van der Waals surface area contributed by atoms with E-state index in [0.717, 1.165) is 19.3 Å². The lowest BCUT2D eigenvalue weighted by Gasteiger charge is -2.32. The van der Waals surface area contributed by atoms with Gasteiger partial charge < -0.3 is 15.0 Å². The van der Waals surface area contributed by atoms with Crippen molar-refractivity contribution in [3.8, 4) is 5.75 Å². The molecule has 6 nitrogen and oxygen atoms in total. The van der Waals surface area contributed by atoms with Crippen LogP contribution in [0.1, 0.15) is 43.5 Å². The first kappa shape index (κ1) is 18.7. The second kappa shape index (κ2) is 9.01. The zero-order chi connectivity index (χ0) is 18.2. The third kappa shape index (κ3) is 5.74. The summed E-state index contributed by atoms with van der Waals surface area (Å²) in [5.41, 5.74) is 0.493. The van der Waals surface area contributed by atoms with Crippen LogP contribution >= 0.6 is 0 Å². The number of nitrogens with zero attached hydrogens (tertiary/aromatic N) is 1. The second-order valence-corrected chi connectivity index (χ2v) is 6.01. The smallest absolute Gasteiger partial charge is 0.308 e. The Labute approximate surface area is 147 Å². The highest BCUT2D eigenvalue weighted by Gasteiger charge is 2.24. The molecule has 1 fully saturated rings. The fraction of sp³-hybridized carbons (Fsp3) is 0.421. The van der Waals surface area contributed by atoms with Crippen LogP contribution in [-0.2, 0) is 9.59 Å². The molecule has 0 aliphatic carbocycles. The lowest BCUT2D eigenvalue weighted by Crippen LogP contribution is -2.46. The van der Waals surface area contributed by atoms with Crippen molar-refractivity contribution in [1.29, 1.82) is 0 Å². The summed E-state index contributed by atoms with van der Waals surface area (Å²) in [4.78, 5) is 37.1. The zero-order valence-electron chi connectivity index (χ0n) is 14.7. The Morgan fingerprint density at radius 2 is 2.00 bits per heavy atom. The van der Waals surface area contributed by atoms with Crippen molar-refractivity contribution in [3.05, 3.63) is 42.0 Å². The molecule has 1 heterocycles. The molecule has 1 aliphatic heterocycles. The van der Waals surface area contributed by atoms with Crippen LogP contribution in [0.2, 0.25) is 0 Å². The first-order valence-electron chi connectivity index (χ1n) is 8.54. The summed E-state index contributed by atoms with van der Waals surface area (Å²) >= 11 is 0. The highest BCUT2D eigenvalue weighted by molar-refractivity contribution is 5.95. The lowest BCUT2D eigenvalue weighted by atomic mass is 10.0. The topological polar surface area (TPSA) is 75.7 Å². The fourth-order valence-corrected chi connectivity index (χ4v) is 2.74. The molecule has 1 saturated heterocycles. The number of likely N-dealkylation sites (tertiary alicyclic amines) is 1. The summed E-state index contributed by atoms with van der Waals surface area (Å²) in [7, 11) is 0. The van der Waals surface area contributed by atoms with Crippen LogP contribution in [0.4, 0.5) is 0 Å². The molecular formula is C19H24N2O4. The molecule has 0 saturated carbocycles. The number of amides is 2. The minimum Gasteiger partial charge on any atom is -0.427 e. The number of rotatable bonds is 5. The second-order valence-electron chi connectivity index (χ2n) is 6.01. The van der Waals surface area contributed by atoms with Crippen LogP contribution in [0, 0.1) is 0 Å². The Kier molecular flexibility index (Phi) is 6.74. The van der Waals surface area contributed by atoms with E-state index in [-0.39, 0.29) is 17.9 Å². The highest BCUT2D eigenvalue weighted by Crippen LogP contribution is 2.18. The molecule has 0 atom stereocenters. The Morgan fingerprint density at radius 1 is 1.28 bits per heavy atom. The predicted octanol–water partition coefficient (Wildman–Crippen LogP) is 2.30. The summed E-state index contributed by atoms with van der Waals surface area (Å²) in [6, 6.07) is 6.71. The van der Waals surface area contributed by atoms with Crippen LogP contribution in [-0.4, -0.2) is 41.8 Å². The van der Waals surface area contributed by atoms with Gasteiger partial charge >= 0.3 is 5.97 Å². The van der Waals surface area contributed by atoms with Crippen LogP contribution in [0.15, 0.2) is 36.4 Å². The van der Waals surface area contributed by atoms with E-state index in [1.165, 1.54) is 6.92 Å². The van der Waals surface area contributed by atoms with Crippen molar-refractivity contribution in [2.75, 3.05) is 13.1 Å². The van der Waals surface area contributed by atoms with Gasteiger partial charge in [0.2, 0.25) is 5.91 Å². The molecule has 6 heteroatoms. The van der Waals surface area contributed by atoms with Gasteiger partial charge in [0.15, 0.2) is 0 Å². The minimum absolute atomic E-state index is 0.0827. The van der Waals surface area contributed by atoms with Gasteiger partial charge in [0.25, 0.3) is 5.91 Å². The predicted molar refractivity (Wildman–Crippen MR) is 94.3 cm³/mol. The number of piperidine rings is 1. The van der Waals surface area contributed by atoms with Crippen LogP contribution in [0.5, 0.6) is 5.75 Å². The summed E-state index contributed by atoms with van der Waals surface area (Å²) < 4.78 is 5.02. The summed E-state index contributed by atoms with van der Waals surface area (Å²) in [6.07, 6.45) is 5.65. The molecule has 0 spiro atoms. The molecule has 134 valence electrons. The number of benzene rings is 1. The SMILES string of the molecule is CC/C=C/C(=O)NC1CCN(C(=O)c2cccc(OC(C)=O)c2)CC1. The van der Waals surface area contributed by atoms with Crippen molar-refractivity contribution in [2.24, 2.45) is 0 Å². The molecule has 25 heavy (non-hydrogen) atoms. The van der Waals surface area contributed by atoms with Gasteiger partial charge in [0.05, 0.1) is 0 Å². The standard InChI is InChI=1S/C19H24N2O4/c1-3-4-8-18(23)20-16-9-11-21(12-10-16)19(24)15-6-5-7-17(13-15)25-14(2)22/h4-8,13,16H,3,9-12H2,1-2H3,(H,20,23)/b8-4+. The van der Waals surface area contributed by atoms with E-state index in [1.807, 2.05) is 13.0 Å². The maximum absolute atomic E-state index is 12.6. The maximum Gasteiger partial charge on any atom is 0.308 e. The number of ether oxygens (including phenoxy) is 1. The molecule has 2 rings (SSSR count). The van der Waals surface area contributed by atoms with Gasteiger partial charge in [-0.25, -0.2) is 0 Å². The summed E-state index contributed by atoms with van der Waals surface area (Å²) in [5, 5.41) is 2.96. The van der Waals surface area contributed by atoms with Gasteiger partial charge in [-0.05, 0) is 43.5 Å². The maximum atomic E-state index is 12.6. The number of allylic oxidation sites excluding steroid dienone is 1. The molecule has 2 amide bonds. The van der Waals surface area contributed by atoms with Gasteiger partial charge in [0, 0.05) is 31.6 Å². The Bertz CT molecular complexity index is 661. The first-order valence-corrected chi connectivity index (χ1v) is 8.54. The van der Waals surface area contributed by atoms with E-state index in [0.29, 0.717) is 24.4 Å². The van der Waals surface area contributed by atoms with E-state index in [2.05, 4.69) is 5.32 Å². The molecule has 0 radical (unpaired) electrons. The van der Waals surface area contributed by atoms with Crippen molar-refractivity contribution < 1.29 is 19.1 Å². The molecule has 0 aromatic heterocycles. The molecule has 1 aliphatic rings. The summed E-state index contributed by atoms with van der Waals surface area (Å²) in [5.74, 6) is -0.230. The number of nitrogens with one attached hydrogen (secondary N) is 1. The third-order valence-corrected chi connectivity index (χ3v) is 3.98. The zero-order valence-corrected chi connectivity index (χ0v) is 14.7. The first-order chi connectivity index (χ1) is 12.0. The molecule has 1 N–H and O–H groups in total. The molecule has 1 aromatic carbocycles. The summed E-state index contributed by atoms with van der Waals surface area (Å²) in [6.45, 7) is 4.46. The quantitative estimate of drug-likeness (QED) is 0.505. The molecule has 0 unspecified atom stereocenters. The van der Waals surface area contributed by atoms with Gasteiger partial charge in [0.1, 0.15) is 5.75 Å². The largest absolute Gasteiger partial charge is 0.427 e. The average Bonchev–Trinajstić information content (AvgIpc) is 2.59. The van der Waals surface area contributed by atoms with E-state index in [9.17, 15) is 14.4 Å².